The first-order valence-corrected chi connectivity index (χ1v) is 6.76. The number of esters is 1. The molecule has 2 rings (SSSR count). The molecule has 0 aliphatic carbocycles. The Labute approximate surface area is 130 Å². The molecule has 0 aliphatic heterocycles. The van der Waals surface area contributed by atoms with Gasteiger partial charge in [-0.1, -0.05) is 0 Å². The molecule has 0 amide bonds. The molecule has 0 spiro atoms. The summed E-state index contributed by atoms with van der Waals surface area (Å²) in [4.78, 5) is 15.5. The van der Waals surface area contributed by atoms with Gasteiger partial charge in [-0.25, -0.2) is 9.78 Å². The molecule has 0 radical (unpaired) electrons. The summed E-state index contributed by atoms with van der Waals surface area (Å²) in [6.07, 6.45) is -4.59. The number of aromatic nitrogens is 1. The molecule has 1 aromatic carbocycles. The number of ether oxygens (including phenoxy) is 2. The molecule has 0 saturated heterocycles. The van der Waals surface area contributed by atoms with E-state index in [1.807, 2.05) is 6.92 Å². The molecular formula is C16H14F3NO3. The van der Waals surface area contributed by atoms with Crippen LogP contribution in [0.1, 0.15) is 23.0 Å². The standard InChI is InChI=1S/C16H14F3NO3/c1-3-23-12-6-4-10(5-7-12)13-8-11(16(17,18)19)9-14(20-13)15(21)22-2/h4-9H,3H2,1-2H3. The molecule has 23 heavy (non-hydrogen) atoms. The molecule has 1 heterocycles. The van der Waals surface area contributed by atoms with E-state index in [0.717, 1.165) is 13.2 Å². The lowest BCUT2D eigenvalue weighted by atomic mass is 10.1. The molecule has 0 saturated carbocycles. The van der Waals surface area contributed by atoms with Crippen LogP contribution in [0.2, 0.25) is 0 Å². The van der Waals surface area contributed by atoms with Gasteiger partial charge in [0.2, 0.25) is 0 Å². The first-order valence-electron chi connectivity index (χ1n) is 6.76. The fourth-order valence-corrected chi connectivity index (χ4v) is 1.94. The van der Waals surface area contributed by atoms with E-state index in [-0.39, 0.29) is 5.69 Å². The number of hydrogen-bond acceptors (Lipinski definition) is 4. The second-order valence-corrected chi connectivity index (χ2v) is 4.57. The van der Waals surface area contributed by atoms with Crippen molar-refractivity contribution in [2.75, 3.05) is 13.7 Å². The average Bonchev–Trinajstić information content (AvgIpc) is 2.54. The van der Waals surface area contributed by atoms with E-state index in [9.17, 15) is 18.0 Å². The van der Waals surface area contributed by atoms with Crippen LogP contribution >= 0.6 is 0 Å². The highest BCUT2D eigenvalue weighted by Crippen LogP contribution is 2.32. The van der Waals surface area contributed by atoms with Crippen molar-refractivity contribution in [2.45, 2.75) is 13.1 Å². The molecule has 1 aromatic heterocycles. The summed E-state index contributed by atoms with van der Waals surface area (Å²) in [6, 6.07) is 7.96. The topological polar surface area (TPSA) is 48.4 Å². The van der Waals surface area contributed by atoms with Gasteiger partial charge in [0.15, 0.2) is 0 Å². The van der Waals surface area contributed by atoms with Crippen LogP contribution < -0.4 is 4.74 Å². The van der Waals surface area contributed by atoms with Crippen LogP contribution in [0, 0.1) is 0 Å². The zero-order valence-electron chi connectivity index (χ0n) is 12.5. The zero-order valence-corrected chi connectivity index (χ0v) is 12.5. The summed E-state index contributed by atoms with van der Waals surface area (Å²) < 4.78 is 48.7. The van der Waals surface area contributed by atoms with Gasteiger partial charge in [0, 0.05) is 5.56 Å². The van der Waals surface area contributed by atoms with Gasteiger partial charge in [-0.3, -0.25) is 0 Å². The lowest BCUT2D eigenvalue weighted by molar-refractivity contribution is -0.137. The van der Waals surface area contributed by atoms with Crippen LogP contribution in [-0.2, 0) is 10.9 Å². The molecule has 0 unspecified atom stereocenters. The Morgan fingerprint density at radius 1 is 1.17 bits per heavy atom. The van der Waals surface area contributed by atoms with Gasteiger partial charge in [0.25, 0.3) is 0 Å². The van der Waals surface area contributed by atoms with E-state index in [1.165, 1.54) is 0 Å². The highest BCUT2D eigenvalue weighted by Gasteiger charge is 2.32. The molecule has 0 fully saturated rings. The van der Waals surface area contributed by atoms with E-state index in [1.54, 1.807) is 24.3 Å². The predicted molar refractivity (Wildman–Crippen MR) is 77.2 cm³/mol. The van der Waals surface area contributed by atoms with Crippen molar-refractivity contribution in [3.05, 3.63) is 47.7 Å². The third-order valence-corrected chi connectivity index (χ3v) is 3.01. The SMILES string of the molecule is CCOc1ccc(-c2cc(C(F)(F)F)cc(C(=O)OC)n2)cc1. The highest BCUT2D eigenvalue weighted by atomic mass is 19.4. The second-order valence-electron chi connectivity index (χ2n) is 4.57. The normalized spacial score (nSPS) is 11.2. The van der Waals surface area contributed by atoms with Gasteiger partial charge >= 0.3 is 12.1 Å². The maximum Gasteiger partial charge on any atom is 0.416 e. The zero-order chi connectivity index (χ0) is 17.0. The number of carbonyl (C=O) groups is 1. The minimum atomic E-state index is -4.59. The summed E-state index contributed by atoms with van der Waals surface area (Å²) in [6.45, 7) is 2.30. The Bertz CT molecular complexity index is 697. The van der Waals surface area contributed by atoms with Gasteiger partial charge in [0.05, 0.1) is 25.0 Å². The van der Waals surface area contributed by atoms with E-state index >= 15 is 0 Å². The third kappa shape index (κ3) is 4.00. The fraction of sp³-hybridized carbons (Fsp3) is 0.250. The Morgan fingerprint density at radius 3 is 2.35 bits per heavy atom. The number of carbonyl (C=O) groups excluding carboxylic acids is 1. The highest BCUT2D eigenvalue weighted by molar-refractivity contribution is 5.88. The quantitative estimate of drug-likeness (QED) is 0.799. The Kier molecular flexibility index (Phi) is 4.88. The summed E-state index contributed by atoms with van der Waals surface area (Å²) in [5, 5.41) is 0. The average molecular weight is 325 g/mol. The number of methoxy groups -OCH3 is 1. The lowest BCUT2D eigenvalue weighted by Crippen LogP contribution is -2.11. The van der Waals surface area contributed by atoms with Gasteiger partial charge in [-0.15, -0.1) is 0 Å². The number of hydrogen-bond donors (Lipinski definition) is 0. The van der Waals surface area contributed by atoms with Crippen LogP contribution in [0.15, 0.2) is 36.4 Å². The van der Waals surface area contributed by atoms with Crippen molar-refractivity contribution in [1.29, 1.82) is 0 Å². The Balaban J connectivity index is 2.50. The van der Waals surface area contributed by atoms with Gasteiger partial charge in [-0.05, 0) is 43.3 Å². The van der Waals surface area contributed by atoms with Gasteiger partial charge in [0.1, 0.15) is 11.4 Å². The molecular weight excluding hydrogens is 311 g/mol. The Hall–Kier alpha value is -2.57. The number of benzene rings is 1. The summed E-state index contributed by atoms with van der Waals surface area (Å²) in [5.41, 5.74) is -0.893. The number of pyridine rings is 1. The molecule has 0 N–H and O–H groups in total. The molecule has 122 valence electrons. The summed E-state index contributed by atoms with van der Waals surface area (Å²) >= 11 is 0. The summed E-state index contributed by atoms with van der Waals surface area (Å²) in [5.74, 6) is -0.334. The molecule has 2 aromatic rings. The van der Waals surface area contributed by atoms with Crippen molar-refractivity contribution in [2.24, 2.45) is 0 Å². The molecule has 0 aliphatic rings. The van der Waals surface area contributed by atoms with Crippen LogP contribution in [0.5, 0.6) is 5.75 Å². The molecule has 0 atom stereocenters. The van der Waals surface area contributed by atoms with Crippen LogP contribution in [0.25, 0.3) is 11.3 Å². The first kappa shape index (κ1) is 16.8. The molecule has 0 bridgehead atoms. The van der Waals surface area contributed by atoms with Crippen molar-refractivity contribution in [3.8, 4) is 17.0 Å². The summed E-state index contributed by atoms with van der Waals surface area (Å²) in [7, 11) is 1.08. The van der Waals surface area contributed by atoms with Crippen LogP contribution in [0.3, 0.4) is 0 Å². The van der Waals surface area contributed by atoms with Crippen LogP contribution in [0.4, 0.5) is 13.2 Å². The lowest BCUT2D eigenvalue weighted by Gasteiger charge is -2.11. The molecule has 4 nitrogen and oxygen atoms in total. The number of alkyl halides is 3. The van der Waals surface area contributed by atoms with E-state index in [2.05, 4.69) is 9.72 Å². The monoisotopic (exact) mass is 325 g/mol. The smallest absolute Gasteiger partial charge is 0.416 e. The van der Waals surface area contributed by atoms with E-state index in [0.29, 0.717) is 24.0 Å². The van der Waals surface area contributed by atoms with Gasteiger partial charge in [-0.2, -0.15) is 13.2 Å². The first-order chi connectivity index (χ1) is 10.8. The number of halogens is 3. The van der Waals surface area contributed by atoms with Crippen LogP contribution in [-0.4, -0.2) is 24.7 Å². The number of nitrogens with zero attached hydrogens (tertiary/aromatic N) is 1. The van der Waals surface area contributed by atoms with E-state index < -0.39 is 23.4 Å². The van der Waals surface area contributed by atoms with E-state index in [4.69, 9.17) is 4.74 Å². The predicted octanol–water partition coefficient (Wildman–Crippen LogP) is 3.95. The maximum atomic E-state index is 13.0. The fourth-order valence-electron chi connectivity index (χ4n) is 1.94. The van der Waals surface area contributed by atoms with Crippen molar-refractivity contribution < 1.29 is 27.4 Å². The Morgan fingerprint density at radius 2 is 1.83 bits per heavy atom. The maximum absolute atomic E-state index is 13.0. The number of rotatable bonds is 4. The second kappa shape index (κ2) is 6.68. The van der Waals surface area contributed by atoms with Crippen molar-refractivity contribution in [1.82, 2.24) is 4.98 Å². The minimum Gasteiger partial charge on any atom is -0.494 e. The molecule has 7 heteroatoms. The van der Waals surface area contributed by atoms with Crippen molar-refractivity contribution in [3.63, 3.8) is 0 Å². The van der Waals surface area contributed by atoms with Gasteiger partial charge < -0.3 is 9.47 Å². The largest absolute Gasteiger partial charge is 0.494 e. The minimum absolute atomic E-state index is 0.0308. The van der Waals surface area contributed by atoms with Crippen molar-refractivity contribution >= 4 is 5.97 Å². The third-order valence-electron chi connectivity index (χ3n) is 3.01.